The molecule has 22 heavy (non-hydrogen) atoms. The highest BCUT2D eigenvalue weighted by Crippen LogP contribution is 2.27. The van der Waals surface area contributed by atoms with Crippen molar-refractivity contribution in [3.8, 4) is 0 Å². The van der Waals surface area contributed by atoms with Crippen LogP contribution in [0.1, 0.15) is 18.2 Å². The molecule has 0 aliphatic rings. The Morgan fingerprint density at radius 2 is 2.05 bits per heavy atom. The minimum absolute atomic E-state index is 0.0997. The number of carboxylic acid groups (broad SMARTS) is 1. The first kappa shape index (κ1) is 16.0. The average Bonchev–Trinajstić information content (AvgIpc) is 2.73. The first-order chi connectivity index (χ1) is 10.5. The fraction of sp³-hybridized carbons (Fsp3) is 0.375. The fourth-order valence-corrected chi connectivity index (χ4v) is 2.61. The third kappa shape index (κ3) is 3.12. The number of carbonyl (C=O) groups is 2. The molecule has 118 valence electrons. The zero-order valence-corrected chi connectivity index (χ0v) is 12.7. The Bertz CT molecular complexity index is 705. The second-order valence-corrected chi connectivity index (χ2v) is 5.12. The van der Waals surface area contributed by atoms with Crippen LogP contribution in [0.25, 0.3) is 10.9 Å². The number of aliphatic carboxylic acids is 1. The van der Waals surface area contributed by atoms with Crippen molar-refractivity contribution in [1.29, 1.82) is 0 Å². The maximum Gasteiger partial charge on any atom is 0.325 e. The minimum atomic E-state index is -1.04. The lowest BCUT2D eigenvalue weighted by Gasteiger charge is -2.09. The van der Waals surface area contributed by atoms with Gasteiger partial charge in [0.15, 0.2) is 0 Å². The summed E-state index contributed by atoms with van der Waals surface area (Å²) in [5.41, 5.74) is 8.24. The third-order valence-corrected chi connectivity index (χ3v) is 3.70. The number of rotatable bonds is 6. The molecule has 1 unspecified atom stereocenters. The fourth-order valence-electron chi connectivity index (χ4n) is 2.61. The Labute approximate surface area is 128 Å². The van der Waals surface area contributed by atoms with Crippen LogP contribution in [0.4, 0.5) is 0 Å². The van der Waals surface area contributed by atoms with Gasteiger partial charge in [0.25, 0.3) is 0 Å². The molecule has 0 spiro atoms. The van der Waals surface area contributed by atoms with E-state index in [1.165, 1.54) is 0 Å². The predicted molar refractivity (Wildman–Crippen MR) is 82.6 cm³/mol. The molecule has 1 aromatic carbocycles. The summed E-state index contributed by atoms with van der Waals surface area (Å²) < 4.78 is 6.84. The number of carbonyl (C=O) groups excluding carboxylic acids is 1. The number of hydrogen-bond acceptors (Lipinski definition) is 4. The van der Waals surface area contributed by atoms with Gasteiger partial charge < -0.3 is 20.1 Å². The molecule has 0 saturated carbocycles. The molecule has 3 N–H and O–H groups in total. The Morgan fingerprint density at radius 1 is 1.36 bits per heavy atom. The van der Waals surface area contributed by atoms with Crippen molar-refractivity contribution in [2.75, 3.05) is 6.61 Å². The van der Waals surface area contributed by atoms with Crippen LogP contribution < -0.4 is 5.73 Å². The quantitative estimate of drug-likeness (QED) is 0.788. The minimum Gasteiger partial charge on any atom is -0.480 e. The highest BCUT2D eigenvalue weighted by atomic mass is 16.5. The van der Waals surface area contributed by atoms with E-state index in [2.05, 4.69) is 0 Å². The number of benzene rings is 1. The topological polar surface area (TPSA) is 94.5 Å². The van der Waals surface area contributed by atoms with Gasteiger partial charge in [0, 0.05) is 23.0 Å². The molecule has 6 nitrogen and oxygen atoms in total. The van der Waals surface area contributed by atoms with Gasteiger partial charge in [0.2, 0.25) is 0 Å². The number of ether oxygens (including phenoxy) is 1. The number of fused-ring (bicyclic) bond motifs is 1. The van der Waals surface area contributed by atoms with Crippen molar-refractivity contribution in [3.05, 3.63) is 35.5 Å². The maximum absolute atomic E-state index is 11.8. The second-order valence-electron chi connectivity index (χ2n) is 5.12. The highest BCUT2D eigenvalue weighted by molar-refractivity contribution is 5.87. The summed E-state index contributed by atoms with van der Waals surface area (Å²) >= 11 is 0. The van der Waals surface area contributed by atoms with Gasteiger partial charge in [-0.25, -0.2) is 0 Å². The van der Waals surface area contributed by atoms with E-state index in [0.29, 0.717) is 6.61 Å². The van der Waals surface area contributed by atoms with Gasteiger partial charge in [0.05, 0.1) is 6.61 Å². The summed E-state index contributed by atoms with van der Waals surface area (Å²) in [6, 6.07) is 6.60. The lowest BCUT2D eigenvalue weighted by Crippen LogP contribution is -2.32. The molecule has 0 saturated heterocycles. The lowest BCUT2D eigenvalue weighted by molar-refractivity contribution is -0.143. The van der Waals surface area contributed by atoms with Crippen molar-refractivity contribution in [1.82, 2.24) is 4.57 Å². The van der Waals surface area contributed by atoms with Gasteiger partial charge in [-0.1, -0.05) is 18.2 Å². The average molecular weight is 304 g/mol. The van der Waals surface area contributed by atoms with Crippen molar-refractivity contribution >= 4 is 22.8 Å². The second kappa shape index (κ2) is 6.62. The number of aromatic nitrogens is 1. The van der Waals surface area contributed by atoms with Crippen molar-refractivity contribution in [3.63, 3.8) is 0 Å². The Kier molecular flexibility index (Phi) is 4.82. The molecular weight excluding hydrogens is 284 g/mol. The van der Waals surface area contributed by atoms with Crippen LogP contribution in [0.2, 0.25) is 0 Å². The van der Waals surface area contributed by atoms with Crippen LogP contribution in [0, 0.1) is 6.92 Å². The van der Waals surface area contributed by atoms with Gasteiger partial charge in [-0.3, -0.25) is 9.59 Å². The molecule has 0 aliphatic carbocycles. The number of hydrogen-bond donors (Lipinski definition) is 2. The van der Waals surface area contributed by atoms with E-state index in [1.54, 1.807) is 6.92 Å². The molecule has 1 aromatic heterocycles. The van der Waals surface area contributed by atoms with Crippen molar-refractivity contribution < 1.29 is 19.4 Å². The smallest absolute Gasteiger partial charge is 0.325 e. The molecule has 2 rings (SSSR count). The number of nitrogens with zero attached hydrogens (tertiary/aromatic N) is 1. The first-order valence-electron chi connectivity index (χ1n) is 7.16. The largest absolute Gasteiger partial charge is 0.480 e. The summed E-state index contributed by atoms with van der Waals surface area (Å²) in [5.74, 6) is -1.36. The van der Waals surface area contributed by atoms with E-state index in [1.807, 2.05) is 35.8 Å². The number of para-hydroxylation sites is 1. The number of carboxylic acids is 1. The zero-order chi connectivity index (χ0) is 16.3. The van der Waals surface area contributed by atoms with Gasteiger partial charge in [0.1, 0.15) is 12.6 Å². The summed E-state index contributed by atoms with van der Waals surface area (Å²) in [6.45, 7) is 4.05. The molecule has 6 heteroatoms. The number of esters is 1. The van der Waals surface area contributed by atoms with Gasteiger partial charge in [-0.15, -0.1) is 0 Å². The van der Waals surface area contributed by atoms with Gasteiger partial charge in [-0.2, -0.15) is 0 Å². The van der Waals surface area contributed by atoms with E-state index >= 15 is 0 Å². The van der Waals surface area contributed by atoms with E-state index in [4.69, 9.17) is 15.6 Å². The zero-order valence-electron chi connectivity index (χ0n) is 12.7. The Hall–Kier alpha value is -2.34. The third-order valence-electron chi connectivity index (χ3n) is 3.70. The molecule has 0 fully saturated rings. The van der Waals surface area contributed by atoms with Crippen LogP contribution in [-0.4, -0.2) is 34.3 Å². The molecule has 0 radical (unpaired) electrons. The van der Waals surface area contributed by atoms with Crippen LogP contribution in [-0.2, 0) is 27.3 Å². The van der Waals surface area contributed by atoms with E-state index in [9.17, 15) is 9.59 Å². The van der Waals surface area contributed by atoms with Crippen LogP contribution in [0.3, 0.4) is 0 Å². The molecule has 0 bridgehead atoms. The predicted octanol–water partition coefficient (Wildman–Crippen LogP) is 1.47. The van der Waals surface area contributed by atoms with E-state index < -0.39 is 12.0 Å². The molecule has 0 amide bonds. The van der Waals surface area contributed by atoms with E-state index in [0.717, 1.165) is 22.2 Å². The molecule has 2 aromatic rings. The van der Waals surface area contributed by atoms with Gasteiger partial charge in [-0.05, 0) is 25.5 Å². The van der Waals surface area contributed by atoms with Crippen molar-refractivity contribution in [2.45, 2.75) is 32.9 Å². The van der Waals surface area contributed by atoms with Gasteiger partial charge >= 0.3 is 11.9 Å². The van der Waals surface area contributed by atoms with Crippen LogP contribution in [0.15, 0.2) is 24.3 Å². The highest BCUT2D eigenvalue weighted by Gasteiger charge is 2.20. The SMILES string of the molecule is CCOC(=O)Cn1c(C)c(CC(N)C(=O)O)c2ccccc21. The lowest BCUT2D eigenvalue weighted by atomic mass is 10.0. The maximum atomic E-state index is 11.8. The van der Waals surface area contributed by atoms with Crippen LogP contribution >= 0.6 is 0 Å². The normalized spacial score (nSPS) is 12.3. The summed E-state index contributed by atoms with van der Waals surface area (Å²) in [7, 11) is 0. The van der Waals surface area contributed by atoms with Crippen molar-refractivity contribution in [2.24, 2.45) is 5.73 Å². The molecular formula is C16H20N2O4. The first-order valence-corrected chi connectivity index (χ1v) is 7.16. The summed E-state index contributed by atoms with van der Waals surface area (Å²) in [5, 5.41) is 9.94. The van der Waals surface area contributed by atoms with Crippen LogP contribution in [0.5, 0.6) is 0 Å². The number of nitrogens with two attached hydrogens (primary N) is 1. The molecule has 0 aliphatic heterocycles. The van der Waals surface area contributed by atoms with E-state index in [-0.39, 0.29) is 18.9 Å². The molecule has 1 atom stereocenters. The Balaban J connectivity index is 2.46. The summed E-state index contributed by atoms with van der Waals surface area (Å²) in [6.07, 6.45) is 0.220. The summed E-state index contributed by atoms with van der Waals surface area (Å²) in [4.78, 5) is 22.8. The standard InChI is InChI=1S/C16H20N2O4/c1-3-22-15(19)9-18-10(2)12(8-13(17)16(20)21)11-6-4-5-7-14(11)18/h4-7,13H,3,8-9,17H2,1-2H3,(H,20,21). The Morgan fingerprint density at radius 3 is 2.68 bits per heavy atom. The molecule has 1 heterocycles. The monoisotopic (exact) mass is 304 g/mol.